The minimum Gasteiger partial charge on any atom is -0.470 e. The summed E-state index contributed by atoms with van der Waals surface area (Å²) in [5.41, 5.74) is 0. The van der Waals surface area contributed by atoms with Gasteiger partial charge in [0.15, 0.2) is 0 Å². The van der Waals surface area contributed by atoms with Crippen LogP contribution in [0.25, 0.3) is 0 Å². The van der Waals surface area contributed by atoms with E-state index in [0.717, 1.165) is 0 Å². The number of aliphatic hydroxyl groups excluding tert-OH is 1. The van der Waals surface area contributed by atoms with E-state index in [1.165, 1.54) is 0 Å². The Balaban J connectivity index is 2.80. The van der Waals surface area contributed by atoms with Crippen LogP contribution in [0.1, 0.15) is 0 Å². The van der Waals surface area contributed by atoms with Crippen molar-refractivity contribution in [3.05, 3.63) is 0 Å². The SMILES string of the molecule is [O]C(O)=S. The van der Waals surface area contributed by atoms with Gasteiger partial charge in [-0.2, -0.15) is 0 Å². The summed E-state index contributed by atoms with van der Waals surface area (Å²) in [5, 5.41) is 14.8. The third-order valence-electron chi connectivity index (χ3n) is 0. The lowest BCUT2D eigenvalue weighted by atomic mass is 11.5. The predicted octanol–water partition coefficient (Wildman–Crippen LogP) is 0.260. The van der Waals surface area contributed by atoms with E-state index >= 15 is 0 Å². The van der Waals surface area contributed by atoms with Crippen LogP contribution in [-0.4, -0.2) is 10.3 Å². The van der Waals surface area contributed by atoms with Crippen LogP contribution in [-0.2, 0) is 5.11 Å². The predicted molar refractivity (Wildman–Crippen MR) is 15.9 cm³/mol. The van der Waals surface area contributed by atoms with Crippen LogP contribution in [0.15, 0.2) is 0 Å². The first-order valence-electron chi connectivity index (χ1n) is 0.632. The van der Waals surface area contributed by atoms with E-state index < -0.39 is 5.24 Å². The van der Waals surface area contributed by atoms with Crippen molar-refractivity contribution in [1.29, 1.82) is 0 Å². The summed E-state index contributed by atoms with van der Waals surface area (Å²) < 4.78 is 0. The normalized spacial score (nSPS) is 6.00. The molecule has 0 aliphatic carbocycles. The second-order valence-corrected chi connectivity index (χ2v) is 0.615. The topological polar surface area (TPSA) is 40.1 Å². The molecule has 1 radical (unpaired) electrons. The highest BCUT2D eigenvalue weighted by molar-refractivity contribution is 7.79. The van der Waals surface area contributed by atoms with Gasteiger partial charge in [0.05, 0.1) is 0 Å². The van der Waals surface area contributed by atoms with E-state index in [-0.39, 0.29) is 0 Å². The van der Waals surface area contributed by atoms with Gasteiger partial charge in [0.25, 0.3) is 0 Å². The first-order valence-corrected chi connectivity index (χ1v) is 1.04. The zero-order chi connectivity index (χ0) is 3.58. The first kappa shape index (κ1) is 3.69. The molecule has 0 aromatic heterocycles. The molecule has 2 nitrogen and oxygen atoms in total. The average molecular weight is 77.1 g/mol. The van der Waals surface area contributed by atoms with E-state index in [9.17, 15) is 0 Å². The van der Waals surface area contributed by atoms with Crippen molar-refractivity contribution in [2.75, 3.05) is 0 Å². The molecule has 1 N–H and O–H groups in total. The average Bonchev–Trinajstić information content (AvgIpc) is 0.811. The van der Waals surface area contributed by atoms with E-state index in [0.29, 0.717) is 0 Å². The summed E-state index contributed by atoms with van der Waals surface area (Å²) in [6.45, 7) is 0. The highest BCUT2D eigenvalue weighted by Gasteiger charge is 1.68. The molecule has 0 amide bonds. The van der Waals surface area contributed by atoms with Crippen LogP contribution in [0, 0.1) is 0 Å². The minimum atomic E-state index is -1.25. The Labute approximate surface area is 28.7 Å². The van der Waals surface area contributed by atoms with Gasteiger partial charge < -0.3 is 5.11 Å². The fraction of sp³-hybridized carbons (Fsp3) is 0. The Morgan fingerprint density at radius 1 is 2.00 bits per heavy atom. The van der Waals surface area contributed by atoms with E-state index in [1.807, 2.05) is 0 Å². The van der Waals surface area contributed by atoms with Crippen LogP contribution >= 0.6 is 12.2 Å². The summed E-state index contributed by atoms with van der Waals surface area (Å²) >= 11 is 3.54. The molecular weight excluding hydrogens is 76.1 g/mol. The summed E-state index contributed by atoms with van der Waals surface area (Å²) in [4.78, 5) is 0. The van der Waals surface area contributed by atoms with Crippen LogP contribution < -0.4 is 0 Å². The van der Waals surface area contributed by atoms with Gasteiger partial charge in [0.2, 0.25) is 0 Å². The van der Waals surface area contributed by atoms with Crippen molar-refractivity contribution in [1.82, 2.24) is 0 Å². The Morgan fingerprint density at radius 2 is 2.00 bits per heavy atom. The number of rotatable bonds is 0. The van der Waals surface area contributed by atoms with Gasteiger partial charge in [-0.05, 0) is 0 Å². The third kappa shape index (κ3) is 8.37. The Bertz CT molecular complexity index is 29.0. The maximum atomic E-state index is 8.81. The molecule has 0 heterocycles. The third-order valence-corrected chi connectivity index (χ3v) is 0. The smallest absolute Gasteiger partial charge is 0.397 e. The first-order chi connectivity index (χ1) is 1.73. The van der Waals surface area contributed by atoms with Crippen molar-refractivity contribution >= 4 is 17.5 Å². The summed E-state index contributed by atoms with van der Waals surface area (Å²) in [5.74, 6) is 0. The second-order valence-electron chi connectivity index (χ2n) is 0.266. The Kier molecular flexibility index (Phi) is 0.979. The van der Waals surface area contributed by atoms with Crippen LogP contribution in [0.5, 0.6) is 0 Å². The number of hydrogen-bond acceptors (Lipinski definition) is 1. The Hall–Kier alpha value is -0.310. The molecule has 0 aliphatic rings. The zero-order valence-corrected chi connectivity index (χ0v) is 2.58. The molecule has 0 saturated carbocycles. The molecule has 0 aromatic carbocycles. The molecule has 0 unspecified atom stereocenters. The summed E-state index contributed by atoms with van der Waals surface area (Å²) in [7, 11) is 0. The monoisotopic (exact) mass is 77.0 g/mol. The van der Waals surface area contributed by atoms with Crippen molar-refractivity contribution in [2.45, 2.75) is 0 Å². The van der Waals surface area contributed by atoms with Gasteiger partial charge in [-0.1, -0.05) is 0 Å². The molecule has 0 aliphatic heterocycles. The molecular formula is CHO2S. The van der Waals surface area contributed by atoms with Gasteiger partial charge in [-0.3, -0.25) is 0 Å². The highest BCUT2D eigenvalue weighted by atomic mass is 32.1. The maximum absolute atomic E-state index is 8.81. The number of thiocarbonyl (C=S) groups is 1. The molecule has 0 fully saturated rings. The van der Waals surface area contributed by atoms with Gasteiger partial charge in [0.1, 0.15) is 0 Å². The van der Waals surface area contributed by atoms with Gasteiger partial charge in [0, 0.05) is 12.2 Å². The minimum absolute atomic E-state index is 1.25. The molecule has 4 heavy (non-hydrogen) atoms. The van der Waals surface area contributed by atoms with Crippen molar-refractivity contribution in [2.24, 2.45) is 0 Å². The van der Waals surface area contributed by atoms with Crippen molar-refractivity contribution < 1.29 is 10.2 Å². The number of aliphatic hydroxyl groups is 1. The lowest BCUT2D eigenvalue weighted by Gasteiger charge is -1.57. The molecule has 0 spiro atoms. The fourth-order valence-corrected chi connectivity index (χ4v) is 0. The summed E-state index contributed by atoms with van der Waals surface area (Å²) in [6.07, 6.45) is 0. The lowest BCUT2D eigenvalue weighted by Crippen LogP contribution is -1.77. The van der Waals surface area contributed by atoms with Crippen LogP contribution in [0.2, 0.25) is 0 Å². The standard InChI is InChI=1S/CHO2S/c2-1(3)4/h(H,2,4). The molecule has 0 atom stereocenters. The van der Waals surface area contributed by atoms with Gasteiger partial charge in [-0.25, -0.2) is 5.11 Å². The quantitative estimate of drug-likeness (QED) is 0.421. The zero-order valence-electron chi connectivity index (χ0n) is 1.76. The van der Waals surface area contributed by atoms with Crippen molar-refractivity contribution in [3.8, 4) is 0 Å². The van der Waals surface area contributed by atoms with Gasteiger partial charge >= 0.3 is 5.24 Å². The Morgan fingerprint density at radius 3 is 2.00 bits per heavy atom. The largest absolute Gasteiger partial charge is 0.470 e. The van der Waals surface area contributed by atoms with E-state index in [1.54, 1.807) is 0 Å². The molecule has 3 heteroatoms. The van der Waals surface area contributed by atoms with Gasteiger partial charge in [-0.15, -0.1) is 0 Å². The van der Waals surface area contributed by atoms with Crippen LogP contribution in [0.3, 0.4) is 0 Å². The molecule has 0 rings (SSSR count). The molecule has 0 saturated heterocycles. The molecule has 23 valence electrons. The fourth-order valence-electron chi connectivity index (χ4n) is 0. The molecule has 0 aromatic rings. The van der Waals surface area contributed by atoms with Crippen LogP contribution in [0.4, 0.5) is 0 Å². The molecule has 0 bridgehead atoms. The van der Waals surface area contributed by atoms with Crippen molar-refractivity contribution in [3.63, 3.8) is 0 Å². The van der Waals surface area contributed by atoms with E-state index in [2.05, 4.69) is 12.2 Å². The summed E-state index contributed by atoms with van der Waals surface area (Å²) in [6, 6.07) is 0. The highest BCUT2D eigenvalue weighted by Crippen LogP contribution is 1.49. The number of hydrogen-bond donors (Lipinski definition) is 1. The maximum Gasteiger partial charge on any atom is 0.397 e. The lowest BCUT2D eigenvalue weighted by molar-refractivity contribution is 0.313. The second kappa shape index (κ2) is 1.06. The van der Waals surface area contributed by atoms with E-state index in [4.69, 9.17) is 10.2 Å².